The van der Waals surface area contributed by atoms with Crippen LogP contribution < -0.4 is 4.74 Å². The number of carbonyl (C=O) groups excluding carboxylic acids is 1. The molecule has 2 aromatic carbocycles. The van der Waals surface area contributed by atoms with Crippen molar-refractivity contribution in [3.8, 4) is 5.19 Å². The van der Waals surface area contributed by atoms with Crippen molar-refractivity contribution in [2.75, 3.05) is 13.1 Å². The van der Waals surface area contributed by atoms with E-state index in [1.54, 1.807) is 6.20 Å². The van der Waals surface area contributed by atoms with Gasteiger partial charge in [0.05, 0.1) is 6.54 Å². The Kier molecular flexibility index (Phi) is 3.71. The molecule has 0 saturated carbocycles. The molecule has 0 aliphatic carbocycles. The zero-order chi connectivity index (χ0) is 15.6. The Bertz CT molecular complexity index is 827. The SMILES string of the molecule is O=C(c1cccc2ccccc12)N1CCC(Oc2nccs2)C1. The summed E-state index contributed by atoms with van der Waals surface area (Å²) in [7, 11) is 0. The quantitative estimate of drug-likeness (QED) is 0.739. The summed E-state index contributed by atoms with van der Waals surface area (Å²) in [4.78, 5) is 18.9. The maximum Gasteiger partial charge on any atom is 0.273 e. The van der Waals surface area contributed by atoms with Gasteiger partial charge >= 0.3 is 0 Å². The highest BCUT2D eigenvalue weighted by atomic mass is 32.1. The zero-order valence-electron chi connectivity index (χ0n) is 12.5. The van der Waals surface area contributed by atoms with Gasteiger partial charge in [-0.15, -0.1) is 0 Å². The van der Waals surface area contributed by atoms with E-state index >= 15 is 0 Å². The molecule has 1 saturated heterocycles. The van der Waals surface area contributed by atoms with E-state index in [1.165, 1.54) is 11.3 Å². The summed E-state index contributed by atoms with van der Waals surface area (Å²) >= 11 is 1.48. The van der Waals surface area contributed by atoms with Crippen LogP contribution in [0.15, 0.2) is 54.0 Å². The van der Waals surface area contributed by atoms with Crippen molar-refractivity contribution in [2.45, 2.75) is 12.5 Å². The van der Waals surface area contributed by atoms with E-state index in [0.717, 1.165) is 29.3 Å². The maximum atomic E-state index is 12.9. The maximum absolute atomic E-state index is 12.9. The summed E-state index contributed by atoms with van der Waals surface area (Å²) in [5.74, 6) is 0.0760. The predicted molar refractivity (Wildman–Crippen MR) is 91.0 cm³/mol. The first-order valence-corrected chi connectivity index (χ1v) is 8.52. The minimum atomic E-state index is 0.0278. The average Bonchev–Trinajstić information content (AvgIpc) is 3.26. The van der Waals surface area contributed by atoms with Crippen LogP contribution in [0.1, 0.15) is 16.8 Å². The lowest BCUT2D eigenvalue weighted by molar-refractivity contribution is 0.0774. The van der Waals surface area contributed by atoms with Crippen molar-refractivity contribution in [3.05, 3.63) is 59.6 Å². The third kappa shape index (κ3) is 2.80. The molecule has 4 rings (SSSR count). The topological polar surface area (TPSA) is 42.4 Å². The fraction of sp³-hybridized carbons (Fsp3) is 0.222. The van der Waals surface area contributed by atoms with Crippen LogP contribution in [0.3, 0.4) is 0 Å². The first-order valence-electron chi connectivity index (χ1n) is 7.64. The van der Waals surface area contributed by atoms with Crippen LogP contribution in [0.5, 0.6) is 5.19 Å². The Hall–Kier alpha value is -2.40. The highest BCUT2D eigenvalue weighted by Crippen LogP contribution is 2.24. The zero-order valence-corrected chi connectivity index (χ0v) is 13.3. The van der Waals surface area contributed by atoms with Gasteiger partial charge in [0, 0.05) is 30.1 Å². The Balaban J connectivity index is 1.53. The molecule has 0 radical (unpaired) electrons. The van der Waals surface area contributed by atoms with Gasteiger partial charge in [-0.1, -0.05) is 47.7 Å². The van der Waals surface area contributed by atoms with Crippen molar-refractivity contribution in [2.24, 2.45) is 0 Å². The Morgan fingerprint density at radius 2 is 2.09 bits per heavy atom. The van der Waals surface area contributed by atoms with Gasteiger partial charge in [-0.25, -0.2) is 4.98 Å². The van der Waals surface area contributed by atoms with E-state index in [4.69, 9.17) is 4.74 Å². The van der Waals surface area contributed by atoms with Crippen molar-refractivity contribution >= 4 is 28.0 Å². The molecule has 116 valence electrons. The summed E-state index contributed by atoms with van der Waals surface area (Å²) in [6, 6.07) is 13.9. The third-order valence-corrected chi connectivity index (χ3v) is 4.79. The number of benzene rings is 2. The second kappa shape index (κ2) is 6.01. The first kappa shape index (κ1) is 14.2. The van der Waals surface area contributed by atoms with Gasteiger partial charge in [-0.3, -0.25) is 4.79 Å². The first-order chi connectivity index (χ1) is 11.3. The van der Waals surface area contributed by atoms with Crippen LogP contribution >= 0.6 is 11.3 Å². The van der Waals surface area contributed by atoms with Gasteiger partial charge in [0.1, 0.15) is 6.10 Å². The number of nitrogens with zero attached hydrogens (tertiary/aromatic N) is 2. The molecule has 4 nitrogen and oxygen atoms in total. The number of aromatic nitrogens is 1. The molecule has 1 fully saturated rings. The number of carbonyl (C=O) groups is 1. The number of hydrogen-bond acceptors (Lipinski definition) is 4. The number of thiazole rings is 1. The Morgan fingerprint density at radius 3 is 2.96 bits per heavy atom. The summed E-state index contributed by atoms with van der Waals surface area (Å²) in [5, 5.41) is 4.66. The minimum absolute atomic E-state index is 0.0278. The van der Waals surface area contributed by atoms with Crippen LogP contribution in [-0.4, -0.2) is 35.0 Å². The number of hydrogen-bond donors (Lipinski definition) is 0. The van der Waals surface area contributed by atoms with Crippen LogP contribution in [-0.2, 0) is 0 Å². The van der Waals surface area contributed by atoms with E-state index in [9.17, 15) is 4.79 Å². The molecule has 0 bridgehead atoms. The second-order valence-electron chi connectivity index (χ2n) is 5.60. The number of ether oxygens (including phenoxy) is 1. The lowest BCUT2D eigenvalue weighted by Crippen LogP contribution is -2.31. The molecule has 5 heteroatoms. The monoisotopic (exact) mass is 324 g/mol. The molecule has 23 heavy (non-hydrogen) atoms. The second-order valence-corrected chi connectivity index (χ2v) is 6.46. The van der Waals surface area contributed by atoms with E-state index in [1.807, 2.05) is 52.7 Å². The van der Waals surface area contributed by atoms with E-state index < -0.39 is 0 Å². The molecule has 3 aromatic rings. The summed E-state index contributed by atoms with van der Waals surface area (Å²) in [6.07, 6.45) is 2.60. The predicted octanol–water partition coefficient (Wildman–Crippen LogP) is 3.59. The van der Waals surface area contributed by atoms with E-state index in [2.05, 4.69) is 4.98 Å². The molecule has 1 aliphatic rings. The Morgan fingerprint density at radius 1 is 1.22 bits per heavy atom. The molecular weight excluding hydrogens is 308 g/mol. The molecule has 1 unspecified atom stereocenters. The fourth-order valence-electron chi connectivity index (χ4n) is 3.00. The number of rotatable bonds is 3. The molecule has 2 heterocycles. The van der Waals surface area contributed by atoms with Crippen molar-refractivity contribution < 1.29 is 9.53 Å². The van der Waals surface area contributed by atoms with Crippen LogP contribution in [0, 0.1) is 0 Å². The highest BCUT2D eigenvalue weighted by Gasteiger charge is 2.29. The lowest BCUT2D eigenvalue weighted by atomic mass is 10.0. The van der Waals surface area contributed by atoms with Crippen LogP contribution in [0.2, 0.25) is 0 Å². The lowest BCUT2D eigenvalue weighted by Gasteiger charge is -2.17. The molecule has 1 atom stereocenters. The fourth-order valence-corrected chi connectivity index (χ4v) is 3.55. The van der Waals surface area contributed by atoms with Gasteiger partial charge in [0.2, 0.25) is 0 Å². The van der Waals surface area contributed by atoms with Gasteiger partial charge in [-0.05, 0) is 16.8 Å². The molecular formula is C18H16N2O2S. The molecule has 0 N–H and O–H groups in total. The number of fused-ring (bicyclic) bond motifs is 1. The highest BCUT2D eigenvalue weighted by molar-refractivity contribution is 7.11. The molecule has 0 spiro atoms. The van der Waals surface area contributed by atoms with Gasteiger partial charge in [-0.2, -0.15) is 0 Å². The van der Waals surface area contributed by atoms with Crippen molar-refractivity contribution in [1.29, 1.82) is 0 Å². The van der Waals surface area contributed by atoms with Crippen molar-refractivity contribution in [1.82, 2.24) is 9.88 Å². The molecule has 1 aliphatic heterocycles. The smallest absolute Gasteiger partial charge is 0.273 e. The van der Waals surface area contributed by atoms with Crippen molar-refractivity contribution in [3.63, 3.8) is 0 Å². The van der Waals surface area contributed by atoms with Gasteiger partial charge in [0.15, 0.2) is 0 Å². The average molecular weight is 324 g/mol. The molecule has 1 aromatic heterocycles. The largest absolute Gasteiger partial charge is 0.465 e. The normalized spacial score (nSPS) is 17.6. The van der Waals surface area contributed by atoms with E-state index in [-0.39, 0.29) is 12.0 Å². The minimum Gasteiger partial charge on any atom is -0.465 e. The Labute approximate surface area is 138 Å². The third-order valence-electron chi connectivity index (χ3n) is 4.13. The van der Waals surface area contributed by atoms with E-state index in [0.29, 0.717) is 11.7 Å². The summed E-state index contributed by atoms with van der Waals surface area (Å²) in [6.45, 7) is 1.33. The standard InChI is InChI=1S/C18H16N2O2S/c21-17(16-7-3-5-13-4-1-2-6-15(13)16)20-10-8-14(12-20)22-18-19-9-11-23-18/h1-7,9,11,14H,8,10,12H2. The van der Waals surface area contributed by atoms with Crippen LogP contribution in [0.25, 0.3) is 10.8 Å². The van der Waals surface area contributed by atoms with Gasteiger partial charge < -0.3 is 9.64 Å². The number of amides is 1. The number of likely N-dealkylation sites (tertiary alicyclic amines) is 1. The summed E-state index contributed by atoms with van der Waals surface area (Å²) < 4.78 is 5.83. The van der Waals surface area contributed by atoms with Gasteiger partial charge in [0.25, 0.3) is 11.1 Å². The van der Waals surface area contributed by atoms with Crippen LogP contribution in [0.4, 0.5) is 0 Å². The molecule has 1 amide bonds. The summed E-state index contributed by atoms with van der Waals surface area (Å²) in [5.41, 5.74) is 0.762.